The van der Waals surface area contributed by atoms with E-state index in [0.717, 1.165) is 5.69 Å². The zero-order chi connectivity index (χ0) is 13.7. The second-order valence-electron chi connectivity index (χ2n) is 5.15. The summed E-state index contributed by atoms with van der Waals surface area (Å²) in [4.78, 5) is 12.1. The average molecular weight is 278 g/mol. The quantitative estimate of drug-likeness (QED) is 0.826. The lowest BCUT2D eigenvalue weighted by molar-refractivity contribution is -0.115. The Morgan fingerprint density at radius 3 is 2.79 bits per heavy atom. The molecule has 1 fully saturated rings. The summed E-state index contributed by atoms with van der Waals surface area (Å²) in [5.74, 6) is 0.0705. The molecule has 0 heterocycles. The van der Waals surface area contributed by atoms with Crippen LogP contribution in [0.15, 0.2) is 24.3 Å². The fourth-order valence-corrected chi connectivity index (χ4v) is 3.78. The first kappa shape index (κ1) is 14.3. The minimum Gasteiger partial charge on any atom is -0.399 e. The highest BCUT2D eigenvalue weighted by atomic mass is 32.2. The smallest absolute Gasteiger partial charge is 0.237 e. The maximum Gasteiger partial charge on any atom is 0.237 e. The number of hydrogen-bond acceptors (Lipinski definition) is 3. The predicted octanol–water partition coefficient (Wildman–Crippen LogP) is 3.66. The van der Waals surface area contributed by atoms with E-state index in [9.17, 15) is 4.79 Å². The molecule has 1 aliphatic carbocycles. The number of nitrogens with one attached hydrogen (secondary N) is 1. The summed E-state index contributed by atoms with van der Waals surface area (Å²) in [7, 11) is 0. The Kier molecular flexibility index (Phi) is 5.14. The van der Waals surface area contributed by atoms with Crippen LogP contribution >= 0.6 is 11.8 Å². The fourth-order valence-electron chi connectivity index (χ4n) is 2.41. The Morgan fingerprint density at radius 1 is 1.37 bits per heavy atom. The Bertz CT molecular complexity index is 430. The minimum atomic E-state index is -0.00969. The molecular formula is C15H22N2OS. The van der Waals surface area contributed by atoms with Gasteiger partial charge in [0, 0.05) is 16.6 Å². The van der Waals surface area contributed by atoms with Gasteiger partial charge >= 0.3 is 0 Å². The van der Waals surface area contributed by atoms with Gasteiger partial charge in [-0.15, -0.1) is 11.8 Å². The molecule has 1 aromatic carbocycles. The van der Waals surface area contributed by atoms with Crippen LogP contribution in [0.2, 0.25) is 0 Å². The van der Waals surface area contributed by atoms with Crippen molar-refractivity contribution in [2.75, 3.05) is 11.1 Å². The molecule has 1 unspecified atom stereocenters. The summed E-state index contributed by atoms with van der Waals surface area (Å²) in [5.41, 5.74) is 7.15. The molecule has 1 amide bonds. The molecule has 1 atom stereocenters. The zero-order valence-electron chi connectivity index (χ0n) is 11.4. The monoisotopic (exact) mass is 278 g/mol. The van der Waals surface area contributed by atoms with E-state index in [1.54, 1.807) is 6.07 Å². The molecule has 4 heteroatoms. The Hall–Kier alpha value is -1.16. The maximum atomic E-state index is 12.1. The number of carbonyl (C=O) groups is 1. The molecule has 0 spiro atoms. The highest BCUT2D eigenvalue weighted by Crippen LogP contribution is 2.31. The first-order valence-corrected chi connectivity index (χ1v) is 7.91. The molecule has 19 heavy (non-hydrogen) atoms. The van der Waals surface area contributed by atoms with Gasteiger partial charge in [-0.25, -0.2) is 0 Å². The molecule has 1 saturated carbocycles. The number of amides is 1. The third-order valence-electron chi connectivity index (χ3n) is 3.47. The number of thioether (sulfide) groups is 1. The van der Waals surface area contributed by atoms with Crippen LogP contribution in [0, 0.1) is 0 Å². The number of benzene rings is 1. The summed E-state index contributed by atoms with van der Waals surface area (Å²) >= 11 is 1.81. The van der Waals surface area contributed by atoms with Crippen molar-refractivity contribution in [1.82, 2.24) is 0 Å². The van der Waals surface area contributed by atoms with Gasteiger partial charge in [-0.3, -0.25) is 4.79 Å². The highest BCUT2D eigenvalue weighted by molar-refractivity contribution is 8.01. The minimum absolute atomic E-state index is 0.00969. The van der Waals surface area contributed by atoms with Crippen molar-refractivity contribution in [3.05, 3.63) is 24.3 Å². The van der Waals surface area contributed by atoms with Crippen molar-refractivity contribution in [2.24, 2.45) is 0 Å². The predicted molar refractivity (Wildman–Crippen MR) is 83.4 cm³/mol. The van der Waals surface area contributed by atoms with Gasteiger partial charge in [-0.05, 0) is 38.0 Å². The first-order chi connectivity index (χ1) is 9.15. The summed E-state index contributed by atoms with van der Waals surface area (Å²) in [6.07, 6.45) is 6.46. The van der Waals surface area contributed by atoms with E-state index in [2.05, 4.69) is 5.32 Å². The normalized spacial score (nSPS) is 17.9. The van der Waals surface area contributed by atoms with E-state index >= 15 is 0 Å². The van der Waals surface area contributed by atoms with E-state index < -0.39 is 0 Å². The van der Waals surface area contributed by atoms with Gasteiger partial charge in [0.05, 0.1) is 5.25 Å². The van der Waals surface area contributed by atoms with Gasteiger partial charge in [-0.2, -0.15) is 0 Å². The Morgan fingerprint density at radius 2 is 2.11 bits per heavy atom. The van der Waals surface area contributed by atoms with Gasteiger partial charge in [-0.1, -0.05) is 25.3 Å². The SMILES string of the molecule is CC(SC1CCCCC1)C(=O)Nc1cccc(N)c1. The van der Waals surface area contributed by atoms with Crippen molar-refractivity contribution in [3.8, 4) is 0 Å². The molecule has 0 aromatic heterocycles. The fraction of sp³-hybridized carbons (Fsp3) is 0.533. The molecule has 3 nitrogen and oxygen atoms in total. The molecule has 0 aliphatic heterocycles. The lowest BCUT2D eigenvalue weighted by Crippen LogP contribution is -2.25. The van der Waals surface area contributed by atoms with Crippen LogP contribution in [-0.2, 0) is 4.79 Å². The lowest BCUT2D eigenvalue weighted by Gasteiger charge is -2.23. The molecule has 0 saturated heterocycles. The van der Waals surface area contributed by atoms with E-state index in [0.29, 0.717) is 10.9 Å². The second kappa shape index (κ2) is 6.85. The standard InChI is InChI=1S/C15H22N2OS/c1-11(19-14-8-3-2-4-9-14)15(18)17-13-7-5-6-12(16)10-13/h5-7,10-11,14H,2-4,8-9,16H2,1H3,(H,17,18). The van der Waals surface area contributed by atoms with Crippen molar-refractivity contribution < 1.29 is 4.79 Å². The molecule has 0 radical (unpaired) electrons. The number of hydrogen-bond donors (Lipinski definition) is 2. The molecular weight excluding hydrogens is 256 g/mol. The van der Waals surface area contributed by atoms with Crippen molar-refractivity contribution in [2.45, 2.75) is 49.5 Å². The van der Waals surface area contributed by atoms with Gasteiger partial charge in [0.1, 0.15) is 0 Å². The van der Waals surface area contributed by atoms with Crippen LogP contribution < -0.4 is 11.1 Å². The summed E-state index contributed by atoms with van der Waals surface area (Å²) in [6.45, 7) is 1.99. The molecule has 1 aliphatic rings. The van der Waals surface area contributed by atoms with E-state index in [1.807, 2.05) is 36.9 Å². The summed E-state index contributed by atoms with van der Waals surface area (Å²) in [6, 6.07) is 7.32. The van der Waals surface area contributed by atoms with Crippen LogP contribution in [0.1, 0.15) is 39.0 Å². The highest BCUT2D eigenvalue weighted by Gasteiger charge is 2.21. The number of anilines is 2. The molecule has 3 N–H and O–H groups in total. The van der Waals surface area contributed by atoms with E-state index in [4.69, 9.17) is 5.73 Å². The third kappa shape index (κ3) is 4.46. The lowest BCUT2D eigenvalue weighted by atomic mass is 10.0. The molecule has 2 rings (SSSR count). The van der Waals surface area contributed by atoms with Crippen LogP contribution in [-0.4, -0.2) is 16.4 Å². The second-order valence-corrected chi connectivity index (χ2v) is 6.80. The summed E-state index contributed by atoms with van der Waals surface area (Å²) in [5, 5.41) is 3.57. The Labute approximate surface area is 119 Å². The first-order valence-electron chi connectivity index (χ1n) is 6.97. The maximum absolute atomic E-state index is 12.1. The van der Waals surface area contributed by atoms with Crippen molar-refractivity contribution >= 4 is 29.0 Å². The topological polar surface area (TPSA) is 55.1 Å². The number of nitrogen functional groups attached to an aromatic ring is 1. The van der Waals surface area contributed by atoms with Crippen LogP contribution in [0.4, 0.5) is 11.4 Å². The van der Waals surface area contributed by atoms with E-state index in [-0.39, 0.29) is 11.2 Å². The molecule has 1 aromatic rings. The summed E-state index contributed by atoms with van der Waals surface area (Å²) < 4.78 is 0. The van der Waals surface area contributed by atoms with Gasteiger partial charge in [0.15, 0.2) is 0 Å². The van der Waals surface area contributed by atoms with Crippen LogP contribution in [0.25, 0.3) is 0 Å². The van der Waals surface area contributed by atoms with Gasteiger partial charge < -0.3 is 11.1 Å². The molecule has 0 bridgehead atoms. The van der Waals surface area contributed by atoms with E-state index in [1.165, 1.54) is 32.1 Å². The van der Waals surface area contributed by atoms with Gasteiger partial charge in [0.2, 0.25) is 5.91 Å². The Balaban J connectivity index is 1.84. The van der Waals surface area contributed by atoms with Crippen molar-refractivity contribution in [1.29, 1.82) is 0 Å². The third-order valence-corrected chi connectivity index (χ3v) is 4.95. The molecule has 104 valence electrons. The zero-order valence-corrected chi connectivity index (χ0v) is 12.2. The van der Waals surface area contributed by atoms with Gasteiger partial charge in [0.25, 0.3) is 0 Å². The van der Waals surface area contributed by atoms with Crippen LogP contribution in [0.3, 0.4) is 0 Å². The number of nitrogens with two attached hydrogens (primary N) is 1. The van der Waals surface area contributed by atoms with Crippen LogP contribution in [0.5, 0.6) is 0 Å². The van der Waals surface area contributed by atoms with Crippen molar-refractivity contribution in [3.63, 3.8) is 0 Å². The number of carbonyl (C=O) groups excluding carboxylic acids is 1. The number of rotatable bonds is 4. The average Bonchev–Trinajstić information content (AvgIpc) is 2.40. The largest absolute Gasteiger partial charge is 0.399 e.